The van der Waals surface area contributed by atoms with Gasteiger partial charge < -0.3 is 5.32 Å². The minimum Gasteiger partial charge on any atom is -0.314 e. The van der Waals surface area contributed by atoms with Crippen LogP contribution in [0.5, 0.6) is 0 Å². The van der Waals surface area contributed by atoms with E-state index in [1.165, 1.54) is 24.5 Å². The quantitative estimate of drug-likeness (QED) is 0.795. The summed E-state index contributed by atoms with van der Waals surface area (Å²) >= 11 is 0. The molecule has 1 atom stereocenters. The van der Waals surface area contributed by atoms with Crippen LogP contribution in [0, 0.1) is 0 Å². The topological polar surface area (TPSA) is 62.3 Å². The van der Waals surface area contributed by atoms with Gasteiger partial charge in [-0.1, -0.05) is 0 Å². The molecule has 0 bridgehead atoms. The summed E-state index contributed by atoms with van der Waals surface area (Å²) < 4.78 is 26.1. The zero-order valence-corrected chi connectivity index (χ0v) is 9.94. The van der Waals surface area contributed by atoms with E-state index in [2.05, 4.69) is 10.3 Å². The van der Waals surface area contributed by atoms with E-state index in [9.17, 15) is 8.42 Å². The highest BCUT2D eigenvalue weighted by atomic mass is 32.2. The Morgan fingerprint density at radius 2 is 2.12 bits per heavy atom. The summed E-state index contributed by atoms with van der Waals surface area (Å²) in [5.41, 5.74) is 0. The Kier molecular flexibility index (Phi) is 3.22. The summed E-state index contributed by atoms with van der Waals surface area (Å²) in [5, 5.41) is 3.17. The zero-order valence-electron chi connectivity index (χ0n) is 9.13. The lowest BCUT2D eigenvalue weighted by Gasteiger charge is -2.32. The first-order chi connectivity index (χ1) is 7.62. The smallest absolute Gasteiger partial charge is 0.243 e. The van der Waals surface area contributed by atoms with E-state index >= 15 is 0 Å². The number of rotatable bonds is 2. The van der Waals surface area contributed by atoms with Crippen LogP contribution in [-0.4, -0.2) is 43.4 Å². The summed E-state index contributed by atoms with van der Waals surface area (Å²) in [5.74, 6) is 0. The van der Waals surface area contributed by atoms with Gasteiger partial charge in [0.1, 0.15) is 0 Å². The molecule has 1 N–H and O–H groups in total. The molecule has 0 saturated carbocycles. The van der Waals surface area contributed by atoms with Crippen LogP contribution in [0.15, 0.2) is 29.4 Å². The minimum atomic E-state index is -3.36. The molecule has 1 aliphatic heterocycles. The van der Waals surface area contributed by atoms with Crippen molar-refractivity contribution in [3.63, 3.8) is 0 Å². The molecule has 6 heteroatoms. The Bertz CT molecular complexity index is 446. The number of hydrogen-bond acceptors (Lipinski definition) is 4. The third kappa shape index (κ3) is 2.09. The molecule has 1 unspecified atom stereocenters. The number of nitrogens with zero attached hydrogens (tertiary/aromatic N) is 2. The summed E-state index contributed by atoms with van der Waals surface area (Å²) in [6.45, 7) is 3.83. The van der Waals surface area contributed by atoms with Gasteiger partial charge in [-0.25, -0.2) is 8.42 Å². The number of nitrogens with one attached hydrogen (secondary N) is 1. The molecule has 1 aliphatic rings. The second-order valence-corrected chi connectivity index (χ2v) is 5.74. The maximum atomic E-state index is 12.3. The van der Waals surface area contributed by atoms with Gasteiger partial charge in [0.2, 0.25) is 10.0 Å². The van der Waals surface area contributed by atoms with Crippen molar-refractivity contribution in [3.8, 4) is 0 Å². The molecule has 2 rings (SSSR count). The van der Waals surface area contributed by atoms with E-state index in [1.54, 1.807) is 4.31 Å². The fourth-order valence-electron chi connectivity index (χ4n) is 1.83. The van der Waals surface area contributed by atoms with Gasteiger partial charge in [-0.2, -0.15) is 4.31 Å². The molecular formula is C10H15N3O2S. The average Bonchev–Trinajstić information content (AvgIpc) is 2.30. The fraction of sp³-hybridized carbons (Fsp3) is 0.500. The maximum Gasteiger partial charge on any atom is 0.243 e. The number of hydrogen-bond donors (Lipinski definition) is 1. The van der Waals surface area contributed by atoms with Crippen LogP contribution < -0.4 is 5.32 Å². The molecule has 0 aliphatic carbocycles. The standard InChI is InChI=1S/C10H15N3O2S/c1-9-8-12-6-7-13(9)16(14,15)10-2-4-11-5-3-10/h2-5,9,12H,6-8H2,1H3. The van der Waals surface area contributed by atoms with Crippen LogP contribution >= 0.6 is 0 Å². The summed E-state index contributed by atoms with van der Waals surface area (Å²) in [7, 11) is -3.36. The molecule has 1 aromatic rings. The van der Waals surface area contributed by atoms with Crippen molar-refractivity contribution in [2.45, 2.75) is 17.9 Å². The van der Waals surface area contributed by atoms with Crippen LogP contribution in [0.3, 0.4) is 0 Å². The second kappa shape index (κ2) is 4.48. The van der Waals surface area contributed by atoms with Gasteiger partial charge in [0.15, 0.2) is 0 Å². The molecule has 5 nitrogen and oxygen atoms in total. The van der Waals surface area contributed by atoms with Crippen molar-refractivity contribution in [2.75, 3.05) is 19.6 Å². The Hall–Kier alpha value is -0.980. The molecular weight excluding hydrogens is 226 g/mol. The number of piperazine rings is 1. The van der Waals surface area contributed by atoms with E-state index in [4.69, 9.17) is 0 Å². The van der Waals surface area contributed by atoms with E-state index in [-0.39, 0.29) is 6.04 Å². The third-order valence-corrected chi connectivity index (χ3v) is 4.72. The summed E-state index contributed by atoms with van der Waals surface area (Å²) in [4.78, 5) is 4.14. The molecule has 0 spiro atoms. The number of sulfonamides is 1. The Labute approximate surface area is 95.5 Å². The Morgan fingerprint density at radius 1 is 1.44 bits per heavy atom. The van der Waals surface area contributed by atoms with Crippen molar-refractivity contribution in [1.29, 1.82) is 0 Å². The van der Waals surface area contributed by atoms with Gasteiger partial charge in [0.05, 0.1) is 4.90 Å². The van der Waals surface area contributed by atoms with E-state index < -0.39 is 10.0 Å². The normalized spacial score (nSPS) is 23.2. The Morgan fingerprint density at radius 3 is 2.75 bits per heavy atom. The monoisotopic (exact) mass is 241 g/mol. The van der Waals surface area contributed by atoms with Crippen LogP contribution in [0.1, 0.15) is 6.92 Å². The van der Waals surface area contributed by atoms with Gasteiger partial charge >= 0.3 is 0 Å². The second-order valence-electron chi connectivity index (χ2n) is 3.85. The first-order valence-electron chi connectivity index (χ1n) is 5.25. The highest BCUT2D eigenvalue weighted by Crippen LogP contribution is 2.18. The molecule has 0 amide bonds. The average molecular weight is 241 g/mol. The minimum absolute atomic E-state index is 0.00749. The SMILES string of the molecule is CC1CNCCN1S(=O)(=O)c1ccncc1. The number of aromatic nitrogens is 1. The van der Waals surface area contributed by atoms with Crippen LogP contribution in [-0.2, 0) is 10.0 Å². The van der Waals surface area contributed by atoms with Gasteiger partial charge in [-0.05, 0) is 19.1 Å². The van der Waals surface area contributed by atoms with Crippen LogP contribution in [0.2, 0.25) is 0 Å². The number of pyridine rings is 1. The van der Waals surface area contributed by atoms with Gasteiger partial charge in [-0.15, -0.1) is 0 Å². The Balaban J connectivity index is 2.32. The maximum absolute atomic E-state index is 12.3. The van der Waals surface area contributed by atoms with Crippen molar-refractivity contribution in [3.05, 3.63) is 24.5 Å². The predicted octanol–water partition coefficient (Wildman–Crippen LogP) is 0.0640. The van der Waals surface area contributed by atoms with Crippen molar-refractivity contribution in [2.24, 2.45) is 0 Å². The van der Waals surface area contributed by atoms with Crippen molar-refractivity contribution >= 4 is 10.0 Å². The highest BCUT2D eigenvalue weighted by Gasteiger charge is 2.30. The summed E-state index contributed by atoms with van der Waals surface area (Å²) in [6.07, 6.45) is 3.00. The van der Waals surface area contributed by atoms with Crippen molar-refractivity contribution < 1.29 is 8.42 Å². The predicted molar refractivity (Wildman–Crippen MR) is 60.5 cm³/mol. The van der Waals surface area contributed by atoms with Gasteiger partial charge in [-0.3, -0.25) is 4.98 Å². The van der Waals surface area contributed by atoms with Gasteiger partial charge in [0.25, 0.3) is 0 Å². The molecule has 2 heterocycles. The van der Waals surface area contributed by atoms with Crippen LogP contribution in [0.4, 0.5) is 0 Å². The fourth-order valence-corrected chi connectivity index (χ4v) is 3.44. The molecule has 16 heavy (non-hydrogen) atoms. The van der Waals surface area contributed by atoms with E-state index in [0.717, 1.165) is 0 Å². The molecule has 1 fully saturated rings. The zero-order chi connectivity index (χ0) is 11.6. The van der Waals surface area contributed by atoms with Crippen molar-refractivity contribution in [1.82, 2.24) is 14.6 Å². The van der Waals surface area contributed by atoms with Gasteiger partial charge in [0, 0.05) is 38.1 Å². The molecule has 0 aromatic carbocycles. The largest absolute Gasteiger partial charge is 0.314 e. The van der Waals surface area contributed by atoms with E-state index in [1.807, 2.05) is 6.92 Å². The molecule has 1 aromatic heterocycles. The summed E-state index contributed by atoms with van der Waals surface area (Å²) in [6, 6.07) is 3.06. The van der Waals surface area contributed by atoms with E-state index in [0.29, 0.717) is 24.5 Å². The third-order valence-electron chi connectivity index (χ3n) is 2.70. The molecule has 88 valence electrons. The molecule has 0 radical (unpaired) electrons. The first kappa shape index (κ1) is 11.5. The molecule has 1 saturated heterocycles. The lowest BCUT2D eigenvalue weighted by Crippen LogP contribution is -2.52. The highest BCUT2D eigenvalue weighted by molar-refractivity contribution is 7.89. The van der Waals surface area contributed by atoms with Crippen LogP contribution in [0.25, 0.3) is 0 Å². The lowest BCUT2D eigenvalue weighted by atomic mass is 10.3. The first-order valence-corrected chi connectivity index (χ1v) is 6.69. The lowest BCUT2D eigenvalue weighted by molar-refractivity contribution is 0.284.